The van der Waals surface area contributed by atoms with Crippen LogP contribution in [0.1, 0.15) is 25.3 Å². The Kier molecular flexibility index (Phi) is 2.31. The molecule has 94 valence electrons. The molecule has 2 aliphatic heterocycles. The van der Waals surface area contributed by atoms with Crippen LogP contribution in [0.4, 0.5) is 0 Å². The lowest BCUT2D eigenvalue weighted by Crippen LogP contribution is -2.21. The molecule has 0 amide bonds. The highest BCUT2D eigenvalue weighted by molar-refractivity contribution is 7.71. The van der Waals surface area contributed by atoms with Gasteiger partial charge in [-0.1, -0.05) is 11.6 Å². The monoisotopic (exact) mass is 281 g/mol. The van der Waals surface area contributed by atoms with Crippen molar-refractivity contribution in [2.75, 3.05) is 0 Å². The van der Waals surface area contributed by atoms with Crippen molar-refractivity contribution in [1.29, 1.82) is 0 Å². The number of hydrogen-bond donors (Lipinski definition) is 1. The number of imidazole rings is 1. The van der Waals surface area contributed by atoms with Crippen LogP contribution in [0.5, 0.6) is 0 Å². The second-order valence-corrected chi connectivity index (χ2v) is 5.82. The van der Waals surface area contributed by atoms with E-state index in [0.29, 0.717) is 21.9 Å². The highest BCUT2D eigenvalue weighted by atomic mass is 35.5. The predicted molar refractivity (Wildman–Crippen MR) is 71.5 cm³/mol. The first-order valence-electron chi connectivity index (χ1n) is 6.13. The first-order chi connectivity index (χ1) is 8.72. The molecule has 0 spiro atoms. The number of H-pyrrole nitrogens is 1. The van der Waals surface area contributed by atoms with Crippen molar-refractivity contribution in [2.24, 2.45) is 0 Å². The first kappa shape index (κ1) is 11.0. The standard InChI is InChI=1S/C12H12ClN3OS/c13-6-3-8-11(14-5-6)16(12(18)15-8)9-4-7-1-2-10(9)17-7/h3,5,7,9-10H,1-2,4H2,(H,15,18). The number of nitrogens with zero attached hydrogens (tertiary/aromatic N) is 2. The molecule has 2 aromatic heterocycles. The Morgan fingerprint density at radius 2 is 2.39 bits per heavy atom. The molecular formula is C12H12ClN3OS. The molecule has 18 heavy (non-hydrogen) atoms. The van der Waals surface area contributed by atoms with Crippen LogP contribution in [0.2, 0.25) is 5.02 Å². The van der Waals surface area contributed by atoms with Crippen LogP contribution in [0.15, 0.2) is 12.3 Å². The van der Waals surface area contributed by atoms with E-state index in [9.17, 15) is 0 Å². The summed E-state index contributed by atoms with van der Waals surface area (Å²) in [6, 6.07) is 2.18. The molecule has 3 atom stereocenters. The molecule has 0 saturated carbocycles. The average Bonchev–Trinajstić information content (AvgIpc) is 3.00. The number of rotatable bonds is 1. The van der Waals surface area contributed by atoms with E-state index in [4.69, 9.17) is 28.6 Å². The lowest BCUT2D eigenvalue weighted by atomic mass is 9.95. The van der Waals surface area contributed by atoms with Gasteiger partial charge in [0.1, 0.15) is 0 Å². The summed E-state index contributed by atoms with van der Waals surface area (Å²) in [6.07, 6.45) is 5.69. The van der Waals surface area contributed by atoms with E-state index in [-0.39, 0.29) is 6.10 Å². The molecule has 0 radical (unpaired) electrons. The Hall–Kier alpha value is -0.910. The number of halogens is 1. The van der Waals surface area contributed by atoms with Crippen molar-refractivity contribution in [3.63, 3.8) is 0 Å². The minimum absolute atomic E-state index is 0.290. The molecule has 4 rings (SSSR count). The maximum Gasteiger partial charge on any atom is 0.179 e. The fourth-order valence-electron chi connectivity index (χ4n) is 3.18. The van der Waals surface area contributed by atoms with Crippen molar-refractivity contribution in [3.8, 4) is 0 Å². The van der Waals surface area contributed by atoms with Crippen LogP contribution < -0.4 is 0 Å². The molecule has 2 saturated heterocycles. The number of aromatic nitrogens is 3. The van der Waals surface area contributed by atoms with Crippen LogP contribution in [0, 0.1) is 4.77 Å². The molecule has 0 aliphatic carbocycles. The van der Waals surface area contributed by atoms with E-state index in [1.165, 1.54) is 6.42 Å². The Morgan fingerprint density at radius 1 is 1.50 bits per heavy atom. The van der Waals surface area contributed by atoms with E-state index in [2.05, 4.69) is 14.5 Å². The van der Waals surface area contributed by atoms with Gasteiger partial charge >= 0.3 is 0 Å². The maximum absolute atomic E-state index is 5.95. The highest BCUT2D eigenvalue weighted by Crippen LogP contribution is 2.42. The first-order valence-corrected chi connectivity index (χ1v) is 6.92. The van der Waals surface area contributed by atoms with E-state index in [0.717, 1.165) is 24.0 Å². The fraction of sp³-hybridized carbons (Fsp3) is 0.500. The third kappa shape index (κ3) is 1.47. The fourth-order valence-corrected chi connectivity index (χ4v) is 3.67. The number of pyridine rings is 1. The van der Waals surface area contributed by atoms with Gasteiger partial charge in [0.25, 0.3) is 0 Å². The average molecular weight is 282 g/mol. The van der Waals surface area contributed by atoms with Gasteiger partial charge in [0.2, 0.25) is 0 Å². The number of aromatic amines is 1. The maximum atomic E-state index is 5.95. The summed E-state index contributed by atoms with van der Waals surface area (Å²) in [5.41, 5.74) is 1.78. The van der Waals surface area contributed by atoms with Crippen LogP contribution in [0.3, 0.4) is 0 Å². The van der Waals surface area contributed by atoms with Gasteiger partial charge in [-0.05, 0) is 37.5 Å². The number of hydrogen-bond acceptors (Lipinski definition) is 3. The van der Waals surface area contributed by atoms with Crippen LogP contribution in [-0.4, -0.2) is 26.7 Å². The quantitative estimate of drug-likeness (QED) is 0.816. The Balaban J connectivity index is 1.90. The SMILES string of the molecule is S=c1[nH]c2cc(Cl)cnc2n1C1CC2CCC1O2. The van der Waals surface area contributed by atoms with Crippen molar-refractivity contribution in [1.82, 2.24) is 14.5 Å². The minimum Gasteiger partial charge on any atom is -0.373 e. The molecule has 4 nitrogen and oxygen atoms in total. The van der Waals surface area contributed by atoms with Gasteiger partial charge in [0.15, 0.2) is 10.4 Å². The largest absolute Gasteiger partial charge is 0.373 e. The van der Waals surface area contributed by atoms with E-state index in [1.807, 2.05) is 6.07 Å². The van der Waals surface area contributed by atoms with Crippen molar-refractivity contribution in [2.45, 2.75) is 37.5 Å². The molecule has 2 fully saturated rings. The van der Waals surface area contributed by atoms with E-state index in [1.54, 1.807) is 6.20 Å². The molecule has 3 unspecified atom stereocenters. The lowest BCUT2D eigenvalue weighted by Gasteiger charge is -2.20. The highest BCUT2D eigenvalue weighted by Gasteiger charge is 2.42. The second-order valence-electron chi connectivity index (χ2n) is 5.00. The summed E-state index contributed by atoms with van der Waals surface area (Å²) < 4.78 is 8.71. The van der Waals surface area contributed by atoms with Crippen molar-refractivity contribution >= 4 is 35.0 Å². The second kappa shape index (κ2) is 3.79. The normalized spacial score (nSPS) is 30.4. The van der Waals surface area contributed by atoms with Gasteiger partial charge in [-0.15, -0.1) is 0 Å². The predicted octanol–water partition coefficient (Wildman–Crippen LogP) is 3.24. The van der Waals surface area contributed by atoms with Gasteiger partial charge in [-0.3, -0.25) is 4.57 Å². The third-order valence-corrected chi connectivity index (χ3v) is 4.43. The molecule has 2 bridgehead atoms. The Labute approximate surface area is 114 Å². The molecule has 1 N–H and O–H groups in total. The lowest BCUT2D eigenvalue weighted by molar-refractivity contribution is 0.0941. The Morgan fingerprint density at radius 3 is 3.11 bits per heavy atom. The van der Waals surface area contributed by atoms with Crippen LogP contribution >= 0.6 is 23.8 Å². The molecule has 2 aromatic rings. The van der Waals surface area contributed by atoms with E-state index >= 15 is 0 Å². The summed E-state index contributed by atoms with van der Waals surface area (Å²) in [5.74, 6) is 0. The molecule has 6 heteroatoms. The van der Waals surface area contributed by atoms with Crippen molar-refractivity contribution < 1.29 is 4.74 Å². The summed E-state index contributed by atoms with van der Waals surface area (Å²) in [6.45, 7) is 0. The number of fused-ring (bicyclic) bond motifs is 3. The zero-order valence-electron chi connectivity index (χ0n) is 9.60. The number of ether oxygens (including phenoxy) is 1. The smallest absolute Gasteiger partial charge is 0.179 e. The third-order valence-electron chi connectivity index (χ3n) is 3.93. The van der Waals surface area contributed by atoms with Gasteiger partial charge < -0.3 is 9.72 Å². The van der Waals surface area contributed by atoms with Gasteiger partial charge in [0.05, 0.1) is 28.8 Å². The molecule has 4 heterocycles. The van der Waals surface area contributed by atoms with Gasteiger partial charge in [0, 0.05) is 6.20 Å². The summed E-state index contributed by atoms with van der Waals surface area (Å²) >= 11 is 11.4. The molecule has 2 aliphatic rings. The van der Waals surface area contributed by atoms with Crippen LogP contribution in [-0.2, 0) is 4.74 Å². The summed E-state index contributed by atoms with van der Waals surface area (Å²) in [4.78, 5) is 7.59. The molecular weight excluding hydrogens is 270 g/mol. The van der Waals surface area contributed by atoms with Gasteiger partial charge in [-0.25, -0.2) is 4.98 Å². The van der Waals surface area contributed by atoms with Gasteiger partial charge in [-0.2, -0.15) is 0 Å². The van der Waals surface area contributed by atoms with Crippen molar-refractivity contribution in [3.05, 3.63) is 22.1 Å². The zero-order chi connectivity index (χ0) is 12.3. The summed E-state index contributed by atoms with van der Waals surface area (Å²) in [5, 5.41) is 0.620. The summed E-state index contributed by atoms with van der Waals surface area (Å²) in [7, 11) is 0. The minimum atomic E-state index is 0.290. The zero-order valence-corrected chi connectivity index (χ0v) is 11.2. The number of nitrogens with one attached hydrogen (secondary N) is 1. The topological polar surface area (TPSA) is 42.8 Å². The Bertz CT molecular complexity index is 680. The molecule has 0 aromatic carbocycles. The van der Waals surface area contributed by atoms with E-state index < -0.39 is 0 Å². The van der Waals surface area contributed by atoms with Crippen LogP contribution in [0.25, 0.3) is 11.2 Å².